The Morgan fingerprint density at radius 2 is 1.85 bits per heavy atom. The van der Waals surface area contributed by atoms with Crippen LogP contribution in [0.25, 0.3) is 10.8 Å². The number of hydrogen-bond donors (Lipinski definition) is 0. The average molecular weight is 347 g/mol. The Hall–Kier alpha value is -1.71. The molecule has 0 fully saturated rings. The summed E-state index contributed by atoms with van der Waals surface area (Å²) in [6.07, 6.45) is 3.33. The van der Waals surface area contributed by atoms with Gasteiger partial charge in [-0.1, -0.05) is 51.8 Å². The zero-order valence-corrected chi connectivity index (χ0v) is 12.6. The van der Waals surface area contributed by atoms with Crippen LogP contribution in [0.1, 0.15) is 15.9 Å². The fourth-order valence-electron chi connectivity index (χ4n) is 2.11. The zero-order valence-electron chi connectivity index (χ0n) is 10.3. The predicted molar refractivity (Wildman–Crippen MR) is 84.3 cm³/mol. The Kier molecular flexibility index (Phi) is 3.55. The smallest absolute Gasteiger partial charge is 0.196 e. The number of halogens is 2. The molecule has 0 saturated carbocycles. The Morgan fingerprint density at radius 3 is 2.70 bits per heavy atom. The summed E-state index contributed by atoms with van der Waals surface area (Å²) in [5.41, 5.74) is 1.03. The van der Waals surface area contributed by atoms with E-state index in [1.54, 1.807) is 30.6 Å². The molecule has 1 heterocycles. The quantitative estimate of drug-likeness (QED) is 0.619. The summed E-state index contributed by atoms with van der Waals surface area (Å²) in [5.74, 6) is -0.124. The first kappa shape index (κ1) is 13.3. The minimum absolute atomic E-state index is 0.124. The van der Waals surface area contributed by atoms with Crippen LogP contribution >= 0.6 is 27.5 Å². The minimum atomic E-state index is -0.124. The van der Waals surface area contributed by atoms with E-state index in [0.29, 0.717) is 16.1 Å². The van der Waals surface area contributed by atoms with Gasteiger partial charge in [-0.05, 0) is 23.6 Å². The Balaban J connectivity index is 2.20. The van der Waals surface area contributed by atoms with E-state index in [0.717, 1.165) is 15.2 Å². The highest BCUT2D eigenvalue weighted by atomic mass is 79.9. The molecule has 0 atom stereocenters. The first-order valence-electron chi connectivity index (χ1n) is 5.99. The molecule has 2 nitrogen and oxygen atoms in total. The van der Waals surface area contributed by atoms with Gasteiger partial charge in [-0.25, -0.2) is 0 Å². The number of benzene rings is 2. The van der Waals surface area contributed by atoms with E-state index in [1.165, 1.54) is 0 Å². The molecule has 0 amide bonds. The molecule has 3 rings (SSSR count). The largest absolute Gasteiger partial charge is 0.288 e. The summed E-state index contributed by atoms with van der Waals surface area (Å²) in [7, 11) is 0. The lowest BCUT2D eigenvalue weighted by Crippen LogP contribution is -2.04. The van der Waals surface area contributed by atoms with Gasteiger partial charge in [-0.15, -0.1) is 0 Å². The number of carbonyl (C=O) groups excluding carboxylic acids is 1. The molecule has 0 N–H and O–H groups in total. The maximum atomic E-state index is 12.7. The number of rotatable bonds is 2. The third-order valence-corrected chi connectivity index (χ3v) is 3.91. The first-order chi connectivity index (χ1) is 9.66. The van der Waals surface area contributed by atoms with Crippen molar-refractivity contribution in [3.63, 3.8) is 0 Å². The molecule has 2 aromatic carbocycles. The normalized spacial score (nSPS) is 10.7. The van der Waals surface area contributed by atoms with Crippen molar-refractivity contribution in [3.05, 3.63) is 75.5 Å². The van der Waals surface area contributed by atoms with Gasteiger partial charge in [0.05, 0.1) is 5.02 Å². The van der Waals surface area contributed by atoms with Crippen LogP contribution in [0.15, 0.2) is 59.3 Å². The molecular formula is C16H9BrClNO. The molecule has 4 heteroatoms. The second-order valence-electron chi connectivity index (χ2n) is 4.36. The first-order valence-corrected chi connectivity index (χ1v) is 7.16. The molecule has 0 aliphatic rings. The van der Waals surface area contributed by atoms with E-state index in [2.05, 4.69) is 20.9 Å². The molecule has 0 unspecified atom stereocenters. The van der Waals surface area contributed by atoms with Gasteiger partial charge < -0.3 is 0 Å². The molecule has 0 bridgehead atoms. The van der Waals surface area contributed by atoms with E-state index in [9.17, 15) is 4.79 Å². The summed E-state index contributed by atoms with van der Waals surface area (Å²) in [4.78, 5) is 16.8. The maximum absolute atomic E-state index is 12.7. The molecule has 20 heavy (non-hydrogen) atoms. The fraction of sp³-hybridized carbons (Fsp3) is 0. The number of pyridine rings is 1. The third kappa shape index (κ3) is 2.35. The van der Waals surface area contributed by atoms with Crippen LogP contribution in [0.3, 0.4) is 0 Å². The van der Waals surface area contributed by atoms with Crippen LogP contribution in [-0.2, 0) is 0 Å². The summed E-state index contributed by atoms with van der Waals surface area (Å²) in [6, 6.07) is 12.9. The Labute approximate surface area is 129 Å². The number of nitrogens with zero attached hydrogens (tertiary/aromatic N) is 1. The van der Waals surface area contributed by atoms with Crippen LogP contribution in [0.4, 0.5) is 0 Å². The lowest BCUT2D eigenvalue weighted by molar-refractivity contribution is 0.104. The zero-order chi connectivity index (χ0) is 14.1. The highest BCUT2D eigenvalue weighted by Crippen LogP contribution is 2.26. The van der Waals surface area contributed by atoms with Crippen molar-refractivity contribution >= 4 is 44.1 Å². The lowest BCUT2D eigenvalue weighted by atomic mass is 10.00. The molecule has 3 aromatic rings. The second kappa shape index (κ2) is 5.35. The number of aromatic nitrogens is 1. The van der Waals surface area contributed by atoms with Gasteiger partial charge in [0.15, 0.2) is 5.78 Å². The molecule has 1 aromatic heterocycles. The lowest BCUT2D eigenvalue weighted by Gasteiger charge is -2.07. The van der Waals surface area contributed by atoms with Gasteiger partial charge in [0.2, 0.25) is 0 Å². The van der Waals surface area contributed by atoms with Crippen LogP contribution in [0.2, 0.25) is 5.02 Å². The third-order valence-electron chi connectivity index (χ3n) is 3.09. The molecule has 0 radical (unpaired) electrons. The summed E-state index contributed by atoms with van der Waals surface area (Å²) in [6.45, 7) is 0. The molecule has 0 spiro atoms. The van der Waals surface area contributed by atoms with E-state index >= 15 is 0 Å². The number of hydrogen-bond acceptors (Lipinski definition) is 2. The highest BCUT2D eigenvalue weighted by Gasteiger charge is 2.16. The number of carbonyl (C=O) groups is 1. The standard InChI is InChI=1S/C16H9BrClNO/c17-11-5-6-15(18)13(7-11)16(20)14-9-19-8-10-3-1-2-4-12(10)14/h1-9H. The number of ketones is 1. The van der Waals surface area contributed by atoms with Gasteiger partial charge in [-0.3, -0.25) is 9.78 Å². The van der Waals surface area contributed by atoms with Gasteiger partial charge in [0.1, 0.15) is 0 Å². The SMILES string of the molecule is O=C(c1cc(Br)ccc1Cl)c1cncc2ccccc12. The summed E-state index contributed by atoms with van der Waals surface area (Å²) in [5, 5.41) is 2.25. The van der Waals surface area contributed by atoms with Crippen molar-refractivity contribution in [3.8, 4) is 0 Å². The maximum Gasteiger partial charge on any atom is 0.196 e. The summed E-state index contributed by atoms with van der Waals surface area (Å²) >= 11 is 9.49. The van der Waals surface area contributed by atoms with Gasteiger partial charge in [0, 0.05) is 33.4 Å². The molecule has 0 aliphatic heterocycles. The van der Waals surface area contributed by atoms with Crippen molar-refractivity contribution < 1.29 is 4.79 Å². The second-order valence-corrected chi connectivity index (χ2v) is 5.68. The van der Waals surface area contributed by atoms with E-state index < -0.39 is 0 Å². The number of fused-ring (bicyclic) bond motifs is 1. The Bertz CT molecular complexity index is 811. The van der Waals surface area contributed by atoms with Gasteiger partial charge in [-0.2, -0.15) is 0 Å². The van der Waals surface area contributed by atoms with E-state index in [1.807, 2.05) is 24.3 Å². The summed E-state index contributed by atoms with van der Waals surface area (Å²) < 4.78 is 0.818. The van der Waals surface area contributed by atoms with Crippen LogP contribution in [-0.4, -0.2) is 10.8 Å². The molecule has 0 saturated heterocycles. The average Bonchev–Trinajstić information content (AvgIpc) is 2.48. The van der Waals surface area contributed by atoms with Crippen molar-refractivity contribution in [1.82, 2.24) is 4.98 Å². The molecule has 98 valence electrons. The Morgan fingerprint density at radius 1 is 1.05 bits per heavy atom. The van der Waals surface area contributed by atoms with E-state index in [-0.39, 0.29) is 5.78 Å². The van der Waals surface area contributed by atoms with Crippen molar-refractivity contribution in [2.45, 2.75) is 0 Å². The van der Waals surface area contributed by atoms with E-state index in [4.69, 9.17) is 11.6 Å². The minimum Gasteiger partial charge on any atom is -0.288 e. The monoisotopic (exact) mass is 345 g/mol. The van der Waals surface area contributed by atoms with Crippen LogP contribution in [0.5, 0.6) is 0 Å². The van der Waals surface area contributed by atoms with Gasteiger partial charge in [0.25, 0.3) is 0 Å². The molecular weight excluding hydrogens is 338 g/mol. The van der Waals surface area contributed by atoms with Crippen molar-refractivity contribution in [2.75, 3.05) is 0 Å². The fourth-order valence-corrected chi connectivity index (χ4v) is 2.68. The van der Waals surface area contributed by atoms with Crippen molar-refractivity contribution in [1.29, 1.82) is 0 Å². The van der Waals surface area contributed by atoms with Crippen molar-refractivity contribution in [2.24, 2.45) is 0 Å². The predicted octanol–water partition coefficient (Wildman–Crippen LogP) is 4.88. The topological polar surface area (TPSA) is 30.0 Å². The van der Waals surface area contributed by atoms with Crippen LogP contribution in [0, 0.1) is 0 Å². The highest BCUT2D eigenvalue weighted by molar-refractivity contribution is 9.10. The van der Waals surface area contributed by atoms with Crippen LogP contribution < -0.4 is 0 Å². The van der Waals surface area contributed by atoms with Gasteiger partial charge >= 0.3 is 0 Å². The molecule has 0 aliphatic carbocycles.